The highest BCUT2D eigenvalue weighted by atomic mass is 35.5. The van der Waals surface area contributed by atoms with E-state index in [0.717, 1.165) is 0 Å². The summed E-state index contributed by atoms with van der Waals surface area (Å²) >= 11 is 0. The van der Waals surface area contributed by atoms with Gasteiger partial charge in [-0.05, 0) is 6.07 Å². The Hall–Kier alpha value is -0.870. The monoisotopic (exact) mass is 161 g/mol. The zero-order valence-corrected chi connectivity index (χ0v) is 6.04. The predicted molar refractivity (Wildman–Crippen MR) is 39.9 cm³/mol. The maximum atomic E-state index is 10.7. The first-order chi connectivity index (χ1) is 4.34. The fourth-order valence-corrected chi connectivity index (χ4v) is 0.524. The average Bonchev–Trinajstić information content (AvgIpc) is 1.89. The number of halogens is 1. The molecule has 1 aromatic rings. The van der Waals surface area contributed by atoms with Crippen LogP contribution in [0.2, 0.25) is 0 Å². The van der Waals surface area contributed by atoms with Gasteiger partial charge in [-0.2, -0.15) is 5.10 Å². The quantitative estimate of drug-likeness (QED) is 0.609. The molecule has 5 heteroatoms. The Morgan fingerprint density at radius 1 is 1.70 bits per heavy atom. The van der Waals surface area contributed by atoms with Crippen molar-refractivity contribution in [1.82, 2.24) is 9.78 Å². The highest BCUT2D eigenvalue weighted by molar-refractivity contribution is 5.85. The normalized spacial score (nSPS) is 8.50. The maximum Gasteiger partial charge on any atom is 0.267 e. The van der Waals surface area contributed by atoms with E-state index in [1.807, 2.05) is 0 Å². The first kappa shape index (κ1) is 9.13. The van der Waals surface area contributed by atoms with Crippen LogP contribution in [0.5, 0.6) is 0 Å². The molecule has 0 radical (unpaired) electrons. The van der Waals surface area contributed by atoms with Crippen molar-refractivity contribution in [3.63, 3.8) is 0 Å². The van der Waals surface area contributed by atoms with Gasteiger partial charge >= 0.3 is 0 Å². The molecule has 10 heavy (non-hydrogen) atoms. The number of hydrogen-bond donors (Lipinski definition) is 1. The largest absolute Gasteiger partial charge is 0.312 e. The van der Waals surface area contributed by atoms with Gasteiger partial charge in [-0.15, -0.1) is 12.4 Å². The summed E-state index contributed by atoms with van der Waals surface area (Å²) in [6.07, 6.45) is 1.52. The molecule has 1 aromatic heterocycles. The molecule has 0 aliphatic carbocycles. The van der Waals surface area contributed by atoms with Crippen molar-refractivity contribution in [1.29, 1.82) is 0 Å². The summed E-state index contributed by atoms with van der Waals surface area (Å²) in [6, 6.07) is 2.99. The van der Waals surface area contributed by atoms with Gasteiger partial charge < -0.3 is 5.73 Å². The molecular formula is C5H8ClN3O. The van der Waals surface area contributed by atoms with Crippen LogP contribution in [0.4, 0.5) is 0 Å². The van der Waals surface area contributed by atoms with Gasteiger partial charge in [-0.1, -0.05) is 0 Å². The number of nitrogens with two attached hydrogens (primary N) is 1. The minimum Gasteiger partial charge on any atom is -0.312 e. The summed E-state index contributed by atoms with van der Waals surface area (Å²) < 4.78 is 1.18. The molecule has 0 aliphatic rings. The van der Waals surface area contributed by atoms with Gasteiger partial charge in [0.1, 0.15) is 0 Å². The summed E-state index contributed by atoms with van der Waals surface area (Å²) in [5, 5.41) is 3.68. The summed E-state index contributed by atoms with van der Waals surface area (Å²) in [4.78, 5) is 10.7. The van der Waals surface area contributed by atoms with Crippen LogP contribution in [-0.4, -0.2) is 9.78 Å². The maximum absolute atomic E-state index is 10.7. The fraction of sp³-hybridized carbons (Fsp3) is 0.200. The van der Waals surface area contributed by atoms with E-state index in [2.05, 4.69) is 5.10 Å². The average molecular weight is 162 g/mol. The van der Waals surface area contributed by atoms with E-state index in [1.165, 1.54) is 16.9 Å². The predicted octanol–water partition coefficient (Wildman–Crippen LogP) is -0.419. The van der Waals surface area contributed by atoms with Crippen molar-refractivity contribution < 1.29 is 0 Å². The molecule has 0 aliphatic heterocycles. The Bertz CT molecular complexity index is 247. The summed E-state index contributed by atoms with van der Waals surface area (Å²) in [5.41, 5.74) is 4.98. The molecule has 0 bridgehead atoms. The lowest BCUT2D eigenvalue weighted by atomic mass is 10.6. The van der Waals surface area contributed by atoms with Gasteiger partial charge in [0.15, 0.2) is 0 Å². The molecule has 1 rings (SSSR count). The Kier molecular flexibility index (Phi) is 3.68. The van der Waals surface area contributed by atoms with Crippen LogP contribution in [0.3, 0.4) is 0 Å². The van der Waals surface area contributed by atoms with E-state index in [0.29, 0.717) is 0 Å². The second kappa shape index (κ2) is 4.03. The summed E-state index contributed by atoms with van der Waals surface area (Å²) in [6.45, 7) is 0.139. The zero-order chi connectivity index (χ0) is 6.69. The zero-order valence-electron chi connectivity index (χ0n) is 5.23. The van der Waals surface area contributed by atoms with E-state index >= 15 is 0 Å². The molecular weight excluding hydrogens is 154 g/mol. The first-order valence-electron chi connectivity index (χ1n) is 2.57. The second-order valence-electron chi connectivity index (χ2n) is 1.54. The van der Waals surface area contributed by atoms with Crippen LogP contribution in [0.25, 0.3) is 0 Å². The summed E-state index contributed by atoms with van der Waals surface area (Å²) in [5.74, 6) is 0. The standard InChI is InChI=1S/C5H7N3O.ClH/c6-4-8-5(9)2-1-3-7-8;/h1-3H,4,6H2;1H. The van der Waals surface area contributed by atoms with E-state index < -0.39 is 0 Å². The third kappa shape index (κ3) is 1.82. The smallest absolute Gasteiger partial charge is 0.267 e. The minimum absolute atomic E-state index is 0. The van der Waals surface area contributed by atoms with Crippen molar-refractivity contribution in [2.75, 3.05) is 0 Å². The lowest BCUT2D eigenvalue weighted by molar-refractivity contribution is 0.597. The Morgan fingerprint density at radius 3 is 2.80 bits per heavy atom. The van der Waals surface area contributed by atoms with E-state index in [-0.39, 0.29) is 24.6 Å². The number of aromatic nitrogens is 2. The molecule has 0 fully saturated rings. The third-order valence-electron chi connectivity index (χ3n) is 0.958. The van der Waals surface area contributed by atoms with E-state index in [1.54, 1.807) is 6.07 Å². The molecule has 0 saturated carbocycles. The first-order valence-corrected chi connectivity index (χ1v) is 2.57. The van der Waals surface area contributed by atoms with Gasteiger partial charge in [-0.25, -0.2) is 4.68 Å². The van der Waals surface area contributed by atoms with E-state index in [9.17, 15) is 4.79 Å². The van der Waals surface area contributed by atoms with Crippen molar-refractivity contribution in [2.45, 2.75) is 6.67 Å². The lowest BCUT2D eigenvalue weighted by Crippen LogP contribution is -2.24. The van der Waals surface area contributed by atoms with Crippen molar-refractivity contribution in [3.8, 4) is 0 Å². The molecule has 56 valence electrons. The number of rotatable bonds is 1. The lowest BCUT2D eigenvalue weighted by Gasteiger charge is -1.94. The molecule has 0 spiro atoms. The van der Waals surface area contributed by atoms with Crippen LogP contribution >= 0.6 is 12.4 Å². The molecule has 0 amide bonds. The Balaban J connectivity index is 0.000000810. The highest BCUT2D eigenvalue weighted by Crippen LogP contribution is 1.69. The van der Waals surface area contributed by atoms with Crippen molar-refractivity contribution in [2.24, 2.45) is 5.73 Å². The van der Waals surface area contributed by atoms with E-state index in [4.69, 9.17) is 5.73 Å². The molecule has 0 unspecified atom stereocenters. The SMILES string of the molecule is Cl.NCn1ncccc1=O. The minimum atomic E-state index is -0.167. The number of nitrogens with zero attached hydrogens (tertiary/aromatic N) is 2. The Morgan fingerprint density at radius 2 is 2.40 bits per heavy atom. The van der Waals surface area contributed by atoms with Crippen LogP contribution in [-0.2, 0) is 6.67 Å². The fourth-order valence-electron chi connectivity index (χ4n) is 0.524. The second-order valence-corrected chi connectivity index (χ2v) is 1.54. The van der Waals surface area contributed by atoms with Crippen molar-refractivity contribution >= 4 is 12.4 Å². The topological polar surface area (TPSA) is 60.9 Å². The number of hydrogen-bond acceptors (Lipinski definition) is 3. The molecule has 0 saturated heterocycles. The molecule has 1 heterocycles. The van der Waals surface area contributed by atoms with Crippen LogP contribution in [0, 0.1) is 0 Å². The third-order valence-corrected chi connectivity index (χ3v) is 0.958. The van der Waals surface area contributed by atoms with Crippen LogP contribution in [0.15, 0.2) is 23.1 Å². The van der Waals surface area contributed by atoms with Gasteiger partial charge in [0.25, 0.3) is 5.56 Å². The van der Waals surface area contributed by atoms with Gasteiger partial charge in [-0.3, -0.25) is 4.79 Å². The molecule has 2 N–H and O–H groups in total. The van der Waals surface area contributed by atoms with Crippen LogP contribution in [0.1, 0.15) is 0 Å². The molecule has 0 aromatic carbocycles. The summed E-state index contributed by atoms with van der Waals surface area (Å²) in [7, 11) is 0. The van der Waals surface area contributed by atoms with Gasteiger partial charge in [0, 0.05) is 12.3 Å². The van der Waals surface area contributed by atoms with Gasteiger partial charge in [0.2, 0.25) is 0 Å². The highest BCUT2D eigenvalue weighted by Gasteiger charge is 1.86. The Labute approximate surface area is 64.1 Å². The van der Waals surface area contributed by atoms with Crippen LogP contribution < -0.4 is 11.3 Å². The molecule has 0 atom stereocenters. The molecule has 4 nitrogen and oxygen atoms in total. The van der Waals surface area contributed by atoms with Crippen molar-refractivity contribution in [3.05, 3.63) is 28.7 Å². The van der Waals surface area contributed by atoms with Gasteiger partial charge in [0.05, 0.1) is 6.67 Å².